The zero-order chi connectivity index (χ0) is 10.9. The fourth-order valence-electron chi connectivity index (χ4n) is 1.38. The molecule has 0 aliphatic heterocycles. The number of nitrogens with one attached hydrogen (secondary N) is 1. The summed E-state index contributed by atoms with van der Waals surface area (Å²) in [6, 6.07) is 10.6. The standard InChI is InChI=1S/C13H21NS/c1-3-4-10-14-11-12(2)15-13-8-6-5-7-9-13/h5-9,12,14H,3-4,10-11H2,1-2H3. The molecule has 0 bridgehead atoms. The Hall–Kier alpha value is -0.470. The van der Waals surface area contributed by atoms with Crippen molar-refractivity contribution in [2.45, 2.75) is 36.8 Å². The van der Waals surface area contributed by atoms with Crippen LogP contribution >= 0.6 is 11.8 Å². The first-order chi connectivity index (χ1) is 7.33. The molecule has 0 fully saturated rings. The topological polar surface area (TPSA) is 12.0 Å². The van der Waals surface area contributed by atoms with Crippen molar-refractivity contribution >= 4 is 11.8 Å². The van der Waals surface area contributed by atoms with E-state index in [0.29, 0.717) is 5.25 Å². The van der Waals surface area contributed by atoms with Gasteiger partial charge in [0.2, 0.25) is 0 Å². The van der Waals surface area contributed by atoms with Gasteiger partial charge in [0.1, 0.15) is 0 Å². The van der Waals surface area contributed by atoms with Crippen molar-refractivity contribution in [3.05, 3.63) is 30.3 Å². The second-order valence-corrected chi connectivity index (χ2v) is 5.31. The summed E-state index contributed by atoms with van der Waals surface area (Å²) in [6.45, 7) is 6.75. The highest BCUT2D eigenvalue weighted by atomic mass is 32.2. The van der Waals surface area contributed by atoms with E-state index in [-0.39, 0.29) is 0 Å². The van der Waals surface area contributed by atoms with Crippen LogP contribution in [0.4, 0.5) is 0 Å². The highest BCUT2D eigenvalue weighted by Gasteiger charge is 2.02. The zero-order valence-corrected chi connectivity index (χ0v) is 10.5. The van der Waals surface area contributed by atoms with Gasteiger partial charge in [-0.1, -0.05) is 38.5 Å². The van der Waals surface area contributed by atoms with E-state index in [4.69, 9.17) is 0 Å². The molecule has 0 aromatic heterocycles. The summed E-state index contributed by atoms with van der Waals surface area (Å²) in [6.07, 6.45) is 2.55. The lowest BCUT2D eigenvalue weighted by molar-refractivity contribution is 0.638. The van der Waals surface area contributed by atoms with Gasteiger partial charge in [-0.25, -0.2) is 0 Å². The smallest absolute Gasteiger partial charge is 0.0191 e. The molecule has 0 spiro atoms. The van der Waals surface area contributed by atoms with Crippen molar-refractivity contribution in [3.63, 3.8) is 0 Å². The maximum Gasteiger partial charge on any atom is 0.0191 e. The van der Waals surface area contributed by atoms with Gasteiger partial charge in [0.15, 0.2) is 0 Å². The van der Waals surface area contributed by atoms with Gasteiger partial charge < -0.3 is 5.32 Å². The van der Waals surface area contributed by atoms with E-state index in [2.05, 4.69) is 49.5 Å². The van der Waals surface area contributed by atoms with Gasteiger partial charge >= 0.3 is 0 Å². The summed E-state index contributed by atoms with van der Waals surface area (Å²) >= 11 is 1.94. The SMILES string of the molecule is CCCCNCC(C)Sc1ccccc1. The van der Waals surface area contributed by atoms with E-state index in [1.165, 1.54) is 17.7 Å². The molecule has 0 heterocycles. The minimum Gasteiger partial charge on any atom is -0.316 e. The molecule has 0 radical (unpaired) electrons. The van der Waals surface area contributed by atoms with Crippen LogP contribution in [0.15, 0.2) is 35.2 Å². The number of unbranched alkanes of at least 4 members (excludes halogenated alkanes) is 1. The average Bonchev–Trinajstić information content (AvgIpc) is 2.26. The van der Waals surface area contributed by atoms with Crippen molar-refractivity contribution in [2.75, 3.05) is 13.1 Å². The van der Waals surface area contributed by atoms with Crippen molar-refractivity contribution < 1.29 is 0 Å². The number of benzene rings is 1. The summed E-state index contributed by atoms with van der Waals surface area (Å²) < 4.78 is 0. The molecule has 0 aliphatic carbocycles. The average molecular weight is 223 g/mol. The molecule has 84 valence electrons. The number of hydrogen-bond donors (Lipinski definition) is 1. The van der Waals surface area contributed by atoms with E-state index in [1.54, 1.807) is 0 Å². The van der Waals surface area contributed by atoms with Crippen molar-refractivity contribution in [1.82, 2.24) is 5.32 Å². The van der Waals surface area contributed by atoms with Crippen LogP contribution in [-0.2, 0) is 0 Å². The van der Waals surface area contributed by atoms with Crippen LogP contribution in [0, 0.1) is 0 Å². The second-order valence-electron chi connectivity index (χ2n) is 3.80. The minimum absolute atomic E-state index is 0.643. The lowest BCUT2D eigenvalue weighted by atomic mass is 10.3. The molecule has 0 saturated carbocycles. The van der Waals surface area contributed by atoms with Crippen LogP contribution in [0.25, 0.3) is 0 Å². The van der Waals surface area contributed by atoms with Gasteiger partial charge in [-0.3, -0.25) is 0 Å². The van der Waals surface area contributed by atoms with Gasteiger partial charge in [-0.15, -0.1) is 11.8 Å². The quantitative estimate of drug-likeness (QED) is 0.560. The molecule has 0 saturated heterocycles. The summed E-state index contributed by atoms with van der Waals surface area (Å²) in [7, 11) is 0. The Kier molecular flexibility index (Phi) is 6.53. The Morgan fingerprint density at radius 2 is 2.00 bits per heavy atom. The Morgan fingerprint density at radius 1 is 1.27 bits per heavy atom. The molecule has 1 rings (SSSR count). The molecule has 1 nitrogen and oxygen atoms in total. The molecule has 1 aromatic rings. The van der Waals surface area contributed by atoms with E-state index < -0.39 is 0 Å². The molecule has 1 atom stereocenters. The van der Waals surface area contributed by atoms with Gasteiger partial charge in [0.05, 0.1) is 0 Å². The maximum atomic E-state index is 3.49. The monoisotopic (exact) mass is 223 g/mol. The summed E-state index contributed by atoms with van der Waals surface area (Å²) in [5.74, 6) is 0. The van der Waals surface area contributed by atoms with Gasteiger partial charge in [-0.2, -0.15) is 0 Å². The van der Waals surface area contributed by atoms with Gasteiger partial charge in [0, 0.05) is 16.7 Å². The number of hydrogen-bond acceptors (Lipinski definition) is 2. The molecule has 0 aliphatic rings. The first kappa shape index (κ1) is 12.6. The lowest BCUT2D eigenvalue weighted by Crippen LogP contribution is -2.23. The molecule has 2 heteroatoms. The largest absolute Gasteiger partial charge is 0.316 e. The van der Waals surface area contributed by atoms with E-state index >= 15 is 0 Å². The van der Waals surface area contributed by atoms with Gasteiger partial charge in [0.25, 0.3) is 0 Å². The molecule has 1 unspecified atom stereocenters. The predicted octanol–water partition coefficient (Wildman–Crippen LogP) is 3.56. The first-order valence-electron chi connectivity index (χ1n) is 5.75. The lowest BCUT2D eigenvalue weighted by Gasteiger charge is -2.11. The van der Waals surface area contributed by atoms with Crippen molar-refractivity contribution in [1.29, 1.82) is 0 Å². The zero-order valence-electron chi connectivity index (χ0n) is 9.70. The molecular formula is C13H21NS. The molecule has 15 heavy (non-hydrogen) atoms. The Balaban J connectivity index is 2.16. The van der Waals surface area contributed by atoms with Crippen LogP contribution in [0.5, 0.6) is 0 Å². The fraction of sp³-hybridized carbons (Fsp3) is 0.538. The summed E-state index contributed by atoms with van der Waals surface area (Å²) in [5.41, 5.74) is 0. The van der Waals surface area contributed by atoms with Crippen LogP contribution in [-0.4, -0.2) is 18.3 Å². The third-order valence-electron chi connectivity index (χ3n) is 2.22. The Bertz CT molecular complexity index is 248. The second kappa shape index (κ2) is 7.77. The Labute approximate surface area is 97.7 Å². The molecular weight excluding hydrogens is 202 g/mol. The fourth-order valence-corrected chi connectivity index (χ4v) is 2.36. The Morgan fingerprint density at radius 3 is 2.67 bits per heavy atom. The number of thioether (sulfide) groups is 1. The van der Waals surface area contributed by atoms with Crippen LogP contribution in [0.3, 0.4) is 0 Å². The minimum atomic E-state index is 0.643. The predicted molar refractivity (Wildman–Crippen MR) is 69.5 cm³/mol. The van der Waals surface area contributed by atoms with Crippen molar-refractivity contribution in [2.24, 2.45) is 0 Å². The van der Waals surface area contributed by atoms with E-state index in [1.807, 2.05) is 11.8 Å². The maximum absolute atomic E-state index is 3.49. The van der Waals surface area contributed by atoms with E-state index in [9.17, 15) is 0 Å². The molecule has 1 aromatic carbocycles. The van der Waals surface area contributed by atoms with Gasteiger partial charge in [-0.05, 0) is 25.1 Å². The highest BCUT2D eigenvalue weighted by molar-refractivity contribution is 8.00. The van der Waals surface area contributed by atoms with Crippen LogP contribution in [0.2, 0.25) is 0 Å². The van der Waals surface area contributed by atoms with E-state index in [0.717, 1.165) is 13.1 Å². The van der Waals surface area contributed by atoms with Crippen LogP contribution in [0.1, 0.15) is 26.7 Å². The van der Waals surface area contributed by atoms with Crippen LogP contribution < -0.4 is 5.32 Å². The molecule has 1 N–H and O–H groups in total. The normalized spacial score (nSPS) is 12.7. The third-order valence-corrected chi connectivity index (χ3v) is 3.33. The third kappa shape index (κ3) is 5.85. The first-order valence-corrected chi connectivity index (χ1v) is 6.63. The van der Waals surface area contributed by atoms with Crippen molar-refractivity contribution in [3.8, 4) is 0 Å². The summed E-state index contributed by atoms with van der Waals surface area (Å²) in [4.78, 5) is 1.36. The molecule has 0 amide bonds. The number of rotatable bonds is 7. The highest BCUT2D eigenvalue weighted by Crippen LogP contribution is 2.21. The summed E-state index contributed by atoms with van der Waals surface area (Å²) in [5, 5.41) is 4.13.